The minimum atomic E-state index is -3.74. The zero-order valence-electron chi connectivity index (χ0n) is 30.0. The Balaban J connectivity index is 0.00000225. The van der Waals surface area contributed by atoms with E-state index in [1.807, 2.05) is 0 Å². The molecule has 7 rings (SSSR count). The summed E-state index contributed by atoms with van der Waals surface area (Å²) in [6, 6.07) is 32.3. The molecule has 2 unspecified atom stereocenters. The van der Waals surface area contributed by atoms with Gasteiger partial charge >= 0.3 is 281 Å². The molecule has 0 saturated carbocycles. The van der Waals surface area contributed by atoms with Crippen molar-refractivity contribution in [1.29, 1.82) is 0 Å². The molecule has 0 aromatic heterocycles. The van der Waals surface area contributed by atoms with Gasteiger partial charge in [-0.3, -0.25) is 0 Å². The third-order valence-electron chi connectivity index (χ3n) is 11.7. The minimum Gasteiger partial charge on any atom is -0.147 e. The smallest absolute Gasteiger partial charge is 0.147 e. The van der Waals surface area contributed by atoms with Crippen LogP contribution in [0.4, 0.5) is 0 Å². The summed E-state index contributed by atoms with van der Waals surface area (Å²) >= 11 is -3.74. The zero-order chi connectivity index (χ0) is 32.7. The van der Waals surface area contributed by atoms with Crippen LogP contribution in [0.5, 0.6) is 0 Å². The molecule has 0 aliphatic heterocycles. The molecule has 4 heteroatoms. The van der Waals surface area contributed by atoms with Crippen LogP contribution >= 0.6 is 24.8 Å². The van der Waals surface area contributed by atoms with E-state index in [-0.39, 0.29) is 24.8 Å². The Morgan fingerprint density at radius 1 is 0.583 bits per heavy atom. The fourth-order valence-electron chi connectivity index (χ4n) is 9.37. The second-order valence-electron chi connectivity index (χ2n) is 15.8. The van der Waals surface area contributed by atoms with Crippen molar-refractivity contribution in [2.45, 2.75) is 65.0 Å². The molecule has 2 aliphatic carbocycles. The van der Waals surface area contributed by atoms with Gasteiger partial charge in [-0.15, -0.1) is 24.8 Å². The van der Waals surface area contributed by atoms with Gasteiger partial charge in [-0.1, -0.05) is 0 Å². The standard InChI is InChI=1S/C22H19.C20H21.2CH3.2ClH.H2Si.Zr/c1-15(2)18-13-17-9-6-12-21(22(17)14-18)20-11-5-8-16-7-3-4-10-19(16)20;1-12-10-19-14(3)7-9-18(20(19)11-12)17-8-6-13(2)15(4)16(17)5;;;;;;/h3-15H,1-2H3;6-11H,1-5H3;2*1H3;2*1H;1H2;. The Bertz CT molecular complexity index is 2220. The molecule has 2 atom stereocenters. The van der Waals surface area contributed by atoms with Gasteiger partial charge in [0.2, 0.25) is 0 Å². The van der Waals surface area contributed by atoms with Crippen LogP contribution in [0.2, 0.25) is 9.26 Å². The fraction of sp³-hybridized carbons (Fsp3) is 0.273. The number of aryl methyl sites for hydroxylation is 2. The average Bonchev–Trinajstić information content (AvgIpc) is 3.61. The van der Waals surface area contributed by atoms with Gasteiger partial charge in [-0.05, 0) is 0 Å². The third kappa shape index (κ3) is 5.60. The second kappa shape index (κ2) is 13.0. The quantitative estimate of drug-likeness (QED) is 0.156. The summed E-state index contributed by atoms with van der Waals surface area (Å²) in [5, 5.41) is 2.65. The number of benzene rings is 5. The number of fused-ring (bicyclic) bond motifs is 3. The fourth-order valence-corrected chi connectivity index (χ4v) is 30.0. The monoisotopic (exact) mass is 766 g/mol. The summed E-state index contributed by atoms with van der Waals surface area (Å²) in [6.45, 7) is 18.9. The predicted molar refractivity (Wildman–Crippen MR) is 217 cm³/mol. The van der Waals surface area contributed by atoms with Crippen LogP contribution in [-0.2, 0) is 17.4 Å². The van der Waals surface area contributed by atoms with E-state index in [1.54, 1.807) is 22.3 Å². The van der Waals surface area contributed by atoms with Crippen LogP contribution in [-0.4, -0.2) is 6.88 Å². The first-order valence-electron chi connectivity index (χ1n) is 17.1. The van der Waals surface area contributed by atoms with Crippen molar-refractivity contribution >= 4 is 54.6 Å². The SMILES string of the molecule is CC1=Cc2c(-c3ccc(C)c(C)c3C)ccc(C)c2[CH]1[Zr]([CH3])([CH3])(=[SiH2])[CH]1C(C(C)C)=Cc2c(-c3cccc4ccccc34)cccc21.Cl.Cl. The summed E-state index contributed by atoms with van der Waals surface area (Å²) in [6.07, 6.45) is 5.19. The van der Waals surface area contributed by atoms with E-state index < -0.39 is 17.4 Å². The average molecular weight is 769 g/mol. The summed E-state index contributed by atoms with van der Waals surface area (Å²) in [7, 11) is 0. The first-order valence-corrected chi connectivity index (χ1v) is 30.7. The molecule has 2 aliphatic rings. The molecule has 0 amide bonds. The van der Waals surface area contributed by atoms with E-state index in [4.69, 9.17) is 0 Å². The number of hydrogen-bond donors (Lipinski definition) is 0. The van der Waals surface area contributed by atoms with E-state index in [0.717, 1.165) is 0 Å². The Morgan fingerprint density at radius 2 is 1.19 bits per heavy atom. The predicted octanol–water partition coefficient (Wildman–Crippen LogP) is 12.8. The molecule has 0 nitrogen and oxygen atoms in total. The number of hydrogen-bond acceptors (Lipinski definition) is 0. The molecule has 5 aromatic carbocycles. The number of rotatable bonds is 5. The molecule has 0 heterocycles. The molecule has 5 aromatic rings. The van der Waals surface area contributed by atoms with Crippen LogP contribution in [0, 0.1) is 33.6 Å². The van der Waals surface area contributed by atoms with Crippen LogP contribution in [0.25, 0.3) is 45.2 Å². The van der Waals surface area contributed by atoms with E-state index in [2.05, 4.69) is 162 Å². The Kier molecular flexibility index (Phi) is 9.97. The molecular weight excluding hydrogens is 719 g/mol. The van der Waals surface area contributed by atoms with Crippen LogP contribution < -0.4 is 0 Å². The maximum atomic E-state index is 2.78. The largest absolute Gasteiger partial charge is 0.147 e. The minimum absolute atomic E-state index is 0. The maximum Gasteiger partial charge on any atom is -0.147 e. The van der Waals surface area contributed by atoms with E-state index in [0.29, 0.717) is 13.2 Å². The van der Waals surface area contributed by atoms with Gasteiger partial charge < -0.3 is 0 Å². The van der Waals surface area contributed by atoms with Gasteiger partial charge in [0.25, 0.3) is 0 Å². The normalized spacial score (nSPS) is 17.0. The van der Waals surface area contributed by atoms with Crippen LogP contribution in [0.15, 0.2) is 96.1 Å². The first kappa shape index (κ1) is 36.8. The molecule has 0 bridgehead atoms. The molecule has 0 fully saturated rings. The van der Waals surface area contributed by atoms with Gasteiger partial charge in [-0.2, -0.15) is 0 Å². The summed E-state index contributed by atoms with van der Waals surface area (Å²) in [5.74, 6) is 0.492. The molecule has 0 spiro atoms. The Labute approximate surface area is 303 Å². The van der Waals surface area contributed by atoms with Gasteiger partial charge in [0, 0.05) is 0 Å². The van der Waals surface area contributed by atoms with Gasteiger partial charge in [0.1, 0.15) is 0 Å². The molecular formula is C44H50Cl2SiZr. The van der Waals surface area contributed by atoms with Crippen molar-refractivity contribution in [3.8, 4) is 22.3 Å². The summed E-state index contributed by atoms with van der Waals surface area (Å²) in [4.78, 5) is 0. The van der Waals surface area contributed by atoms with Crippen molar-refractivity contribution in [3.63, 3.8) is 0 Å². The van der Waals surface area contributed by atoms with E-state index in [1.165, 1.54) is 66.4 Å². The maximum absolute atomic E-state index is 3.74. The van der Waals surface area contributed by atoms with Crippen molar-refractivity contribution in [3.05, 3.63) is 141 Å². The molecule has 248 valence electrons. The number of allylic oxidation sites excluding steroid dienone is 2. The van der Waals surface area contributed by atoms with Crippen molar-refractivity contribution in [1.82, 2.24) is 0 Å². The van der Waals surface area contributed by atoms with Crippen LogP contribution in [0.1, 0.15) is 72.5 Å². The van der Waals surface area contributed by atoms with Crippen molar-refractivity contribution in [2.24, 2.45) is 5.92 Å². The van der Waals surface area contributed by atoms with Crippen molar-refractivity contribution < 1.29 is 17.4 Å². The van der Waals surface area contributed by atoms with E-state index in [9.17, 15) is 0 Å². The second-order valence-corrected chi connectivity index (χ2v) is 46.2. The van der Waals surface area contributed by atoms with Crippen molar-refractivity contribution in [2.75, 3.05) is 0 Å². The summed E-state index contributed by atoms with van der Waals surface area (Å²) in [5.41, 5.74) is 20.5. The molecule has 0 saturated heterocycles. The molecule has 48 heavy (non-hydrogen) atoms. The van der Waals surface area contributed by atoms with E-state index >= 15 is 0 Å². The van der Waals surface area contributed by atoms with Gasteiger partial charge in [-0.25, -0.2) is 0 Å². The first-order chi connectivity index (χ1) is 21.8. The van der Waals surface area contributed by atoms with Gasteiger partial charge in [0.05, 0.1) is 0 Å². The molecule has 0 radical (unpaired) electrons. The van der Waals surface area contributed by atoms with Gasteiger partial charge in [0.15, 0.2) is 0 Å². The molecule has 0 N–H and O–H groups in total. The zero-order valence-corrected chi connectivity index (χ0v) is 35.5. The summed E-state index contributed by atoms with van der Waals surface area (Å²) < 4.78 is 6.56. The Hall–Kier alpha value is -2.48. The van der Waals surface area contributed by atoms with Crippen LogP contribution in [0.3, 0.4) is 0 Å². The number of halogens is 2. The third-order valence-corrected chi connectivity index (χ3v) is 29.3. The topological polar surface area (TPSA) is 0 Å². The Morgan fingerprint density at radius 3 is 1.92 bits per heavy atom.